The minimum Gasteiger partial charge on any atom is -0.623 e. The number of rotatable bonds is 1. The van der Waals surface area contributed by atoms with Gasteiger partial charge in [0.1, 0.15) is 5.75 Å². The molecule has 0 unspecified atom stereocenters. The highest BCUT2D eigenvalue weighted by atomic mass is 16.5. The number of fused-ring (bicyclic) bond motifs is 1. The molecule has 0 aliphatic carbocycles. The zero-order valence-corrected chi connectivity index (χ0v) is 8.40. The fourth-order valence-electron chi connectivity index (χ4n) is 1.52. The van der Waals surface area contributed by atoms with Crippen LogP contribution in [0.5, 0.6) is 5.75 Å². The summed E-state index contributed by atoms with van der Waals surface area (Å²) in [6, 6.07) is 6.95. The molecule has 0 spiro atoms. The molecule has 0 saturated heterocycles. The van der Waals surface area contributed by atoms with E-state index in [-0.39, 0.29) is 24.6 Å². The van der Waals surface area contributed by atoms with Gasteiger partial charge >= 0.3 is 0 Å². The molecule has 4 heteroatoms. The Morgan fingerprint density at radius 3 is 2.93 bits per heavy atom. The maximum Gasteiger partial charge on any atom is 0.273 e. The monoisotopic (exact) mass is 205 g/mol. The highest BCUT2D eigenvalue weighted by Gasteiger charge is 2.29. The van der Waals surface area contributed by atoms with E-state index in [0.29, 0.717) is 16.1 Å². The predicted molar refractivity (Wildman–Crippen MR) is 55.4 cm³/mol. The molecule has 1 aromatic carbocycles. The minimum absolute atomic E-state index is 0.0627. The van der Waals surface area contributed by atoms with Crippen molar-refractivity contribution < 1.29 is 14.3 Å². The highest BCUT2D eigenvalue weighted by Crippen LogP contribution is 2.22. The highest BCUT2D eigenvalue weighted by molar-refractivity contribution is 6.46. The van der Waals surface area contributed by atoms with E-state index >= 15 is 0 Å². The van der Waals surface area contributed by atoms with Crippen LogP contribution in [-0.4, -0.2) is 29.4 Å². The zero-order valence-electron chi connectivity index (χ0n) is 8.40. The Balaban J connectivity index is 2.47. The molecule has 0 saturated carbocycles. The van der Waals surface area contributed by atoms with E-state index < -0.39 is 0 Å². The third-order valence-electron chi connectivity index (χ3n) is 2.35. The van der Waals surface area contributed by atoms with Gasteiger partial charge in [0.15, 0.2) is 13.2 Å². The number of hydroxylamine groups is 1. The van der Waals surface area contributed by atoms with Crippen molar-refractivity contribution in [3.63, 3.8) is 0 Å². The van der Waals surface area contributed by atoms with Gasteiger partial charge in [-0.25, -0.2) is 4.74 Å². The molecule has 0 N–H and O–H groups in total. The summed E-state index contributed by atoms with van der Waals surface area (Å²) < 4.78 is 6.01. The maximum atomic E-state index is 11.9. The van der Waals surface area contributed by atoms with Gasteiger partial charge in [-0.2, -0.15) is 0 Å². The number of Topliss-reactive ketones (excluding diaryl/α,β-unsaturated/α-hetero) is 1. The molecule has 0 aromatic heterocycles. The molecule has 15 heavy (non-hydrogen) atoms. The quantitative estimate of drug-likeness (QED) is 0.393. The Bertz CT molecular complexity index is 437. The summed E-state index contributed by atoms with van der Waals surface area (Å²) in [4.78, 5) is 11.9. The molecule has 1 aromatic rings. The molecule has 1 aliphatic heterocycles. The molecule has 0 bridgehead atoms. The average Bonchev–Trinajstić information content (AvgIpc) is 2.29. The second kappa shape index (κ2) is 3.73. The molecular formula is C11H11NO3. The summed E-state index contributed by atoms with van der Waals surface area (Å²) in [5.41, 5.74) is 0.643. The first kappa shape index (κ1) is 9.71. The van der Waals surface area contributed by atoms with Crippen molar-refractivity contribution in [3.8, 4) is 5.75 Å². The second-order valence-electron chi connectivity index (χ2n) is 3.26. The van der Waals surface area contributed by atoms with Crippen LogP contribution in [0.3, 0.4) is 0 Å². The Morgan fingerprint density at radius 2 is 2.20 bits per heavy atom. The normalized spacial score (nSPS) is 18.1. The molecule has 0 atom stereocenters. The number of hydrogen-bond acceptors (Lipinski definition) is 3. The summed E-state index contributed by atoms with van der Waals surface area (Å²) in [7, 11) is 0. The maximum absolute atomic E-state index is 11.9. The van der Waals surface area contributed by atoms with E-state index in [1.54, 1.807) is 31.2 Å². The average molecular weight is 205 g/mol. The molecule has 2 rings (SSSR count). The summed E-state index contributed by atoms with van der Waals surface area (Å²) in [5, 5.41) is 11.4. The van der Waals surface area contributed by atoms with E-state index in [1.165, 1.54) is 0 Å². The Labute approximate surface area is 87.4 Å². The first-order valence-corrected chi connectivity index (χ1v) is 4.81. The fourth-order valence-corrected chi connectivity index (χ4v) is 1.52. The lowest BCUT2D eigenvalue weighted by atomic mass is 10.0. The summed E-state index contributed by atoms with van der Waals surface area (Å²) >= 11 is 0. The van der Waals surface area contributed by atoms with Gasteiger partial charge in [0.05, 0.1) is 5.56 Å². The van der Waals surface area contributed by atoms with Gasteiger partial charge in [-0.15, -0.1) is 0 Å². The standard InChI is InChI=1S/C11H11NO3/c1-2-12(14)9-7-15-10-6-4-3-5-8(10)11(9)13/h3-6H,2,7H2,1H3/b12-9-. The van der Waals surface area contributed by atoms with Crippen molar-refractivity contribution in [3.05, 3.63) is 35.0 Å². The number of benzene rings is 1. The lowest BCUT2D eigenvalue weighted by molar-refractivity contribution is -0.453. The molecule has 0 amide bonds. The van der Waals surface area contributed by atoms with Crippen LogP contribution >= 0.6 is 0 Å². The first-order valence-electron chi connectivity index (χ1n) is 4.81. The SMILES string of the molecule is CC/[N+]([O-])=C1\COc2ccccc2C1=O. The third-order valence-corrected chi connectivity index (χ3v) is 2.35. The van der Waals surface area contributed by atoms with Gasteiger partial charge in [0, 0.05) is 0 Å². The third kappa shape index (κ3) is 1.58. The van der Waals surface area contributed by atoms with E-state index in [9.17, 15) is 10.0 Å². The number of ketones is 1. The van der Waals surface area contributed by atoms with Gasteiger partial charge < -0.3 is 9.94 Å². The topological polar surface area (TPSA) is 52.4 Å². The van der Waals surface area contributed by atoms with E-state index in [1.807, 2.05) is 0 Å². The smallest absolute Gasteiger partial charge is 0.273 e. The number of hydrogen-bond donors (Lipinski definition) is 0. The summed E-state index contributed by atoms with van der Waals surface area (Å²) in [6.07, 6.45) is 0. The molecule has 1 heterocycles. The van der Waals surface area contributed by atoms with E-state index in [0.717, 1.165) is 0 Å². The second-order valence-corrected chi connectivity index (χ2v) is 3.26. The molecule has 78 valence electrons. The Kier molecular flexibility index (Phi) is 2.41. The molecule has 0 fully saturated rings. The first-order chi connectivity index (χ1) is 7.24. The van der Waals surface area contributed by atoms with Crippen molar-refractivity contribution in [2.45, 2.75) is 6.92 Å². The predicted octanol–water partition coefficient (Wildman–Crippen LogP) is 1.23. The van der Waals surface area contributed by atoms with Gasteiger partial charge in [-0.3, -0.25) is 4.79 Å². The fraction of sp³-hybridized carbons (Fsp3) is 0.273. The largest absolute Gasteiger partial charge is 0.623 e. The van der Waals surface area contributed by atoms with Gasteiger partial charge in [0.2, 0.25) is 0 Å². The van der Waals surface area contributed by atoms with Gasteiger partial charge in [-0.1, -0.05) is 12.1 Å². The van der Waals surface area contributed by atoms with Crippen molar-refractivity contribution in [2.24, 2.45) is 0 Å². The molecular weight excluding hydrogens is 194 g/mol. The number of para-hydroxylation sites is 1. The van der Waals surface area contributed by atoms with Gasteiger partial charge in [0.25, 0.3) is 11.5 Å². The Hall–Kier alpha value is -1.84. The minimum atomic E-state index is -0.228. The van der Waals surface area contributed by atoms with Crippen LogP contribution in [0, 0.1) is 5.21 Å². The zero-order chi connectivity index (χ0) is 10.8. The van der Waals surface area contributed by atoms with Crippen LogP contribution in [0.4, 0.5) is 0 Å². The number of nitrogens with zero attached hydrogens (tertiary/aromatic N) is 1. The number of carbonyl (C=O) groups excluding carboxylic acids is 1. The lowest BCUT2D eigenvalue weighted by Crippen LogP contribution is -2.34. The summed E-state index contributed by atoms with van der Waals surface area (Å²) in [6.45, 7) is 2.02. The van der Waals surface area contributed by atoms with Crippen molar-refractivity contribution in [1.29, 1.82) is 0 Å². The van der Waals surface area contributed by atoms with Crippen LogP contribution in [0.1, 0.15) is 17.3 Å². The van der Waals surface area contributed by atoms with Crippen LogP contribution in [-0.2, 0) is 0 Å². The number of ether oxygens (including phenoxy) is 1. The van der Waals surface area contributed by atoms with E-state index in [4.69, 9.17) is 4.74 Å². The molecule has 1 aliphatic rings. The van der Waals surface area contributed by atoms with Crippen LogP contribution in [0.2, 0.25) is 0 Å². The van der Waals surface area contributed by atoms with Crippen LogP contribution < -0.4 is 4.74 Å². The van der Waals surface area contributed by atoms with Crippen LogP contribution in [0.15, 0.2) is 24.3 Å². The van der Waals surface area contributed by atoms with Crippen molar-refractivity contribution in [2.75, 3.05) is 13.2 Å². The van der Waals surface area contributed by atoms with Crippen molar-refractivity contribution in [1.82, 2.24) is 0 Å². The van der Waals surface area contributed by atoms with Crippen LogP contribution in [0.25, 0.3) is 0 Å². The lowest BCUT2D eigenvalue weighted by Gasteiger charge is -2.17. The Morgan fingerprint density at radius 1 is 1.47 bits per heavy atom. The molecule has 0 radical (unpaired) electrons. The van der Waals surface area contributed by atoms with Gasteiger partial charge in [-0.05, 0) is 19.1 Å². The molecule has 4 nitrogen and oxygen atoms in total. The summed E-state index contributed by atoms with van der Waals surface area (Å²) in [5.74, 6) is 0.324. The van der Waals surface area contributed by atoms with E-state index in [2.05, 4.69) is 0 Å². The van der Waals surface area contributed by atoms with Crippen molar-refractivity contribution >= 4 is 11.5 Å². The number of carbonyl (C=O) groups is 1.